The average molecular weight is 234 g/mol. The van der Waals surface area contributed by atoms with Gasteiger partial charge in [-0.1, -0.05) is 18.9 Å². The Morgan fingerprint density at radius 3 is 2.65 bits per heavy atom. The van der Waals surface area contributed by atoms with Gasteiger partial charge in [-0.25, -0.2) is 0 Å². The third kappa shape index (κ3) is 3.05. The molecule has 1 fully saturated rings. The van der Waals surface area contributed by atoms with Crippen molar-refractivity contribution in [1.82, 2.24) is 0 Å². The minimum Gasteiger partial charge on any atom is -0.489 e. The van der Waals surface area contributed by atoms with E-state index in [1.165, 1.54) is 25.7 Å². The quantitative estimate of drug-likeness (QED) is 0.785. The Morgan fingerprint density at radius 2 is 2.00 bits per heavy atom. The first-order valence-corrected chi connectivity index (χ1v) is 6.48. The lowest BCUT2D eigenvalue weighted by molar-refractivity contribution is 0.244. The maximum absolute atomic E-state index is 6.12. The first-order chi connectivity index (χ1) is 8.16. The minimum atomic E-state index is 0.152. The Bertz CT molecular complexity index is 370. The van der Waals surface area contributed by atoms with E-state index in [4.69, 9.17) is 10.5 Å². The second kappa shape index (κ2) is 5.30. The van der Waals surface area contributed by atoms with Crippen molar-refractivity contribution in [3.8, 4) is 5.75 Å². The zero-order valence-electron chi connectivity index (χ0n) is 10.7. The molecule has 1 aromatic rings. The summed E-state index contributed by atoms with van der Waals surface area (Å²) in [5.74, 6) is 0.781. The summed E-state index contributed by atoms with van der Waals surface area (Å²) in [6.45, 7) is 4.02. The number of nitrogens with two attached hydrogens (primary N) is 1. The van der Waals surface area contributed by atoms with E-state index in [9.17, 15) is 0 Å². The monoisotopic (exact) mass is 234 g/mol. The molecule has 94 valence electrons. The number of benzene rings is 1. The van der Waals surface area contributed by atoms with Crippen molar-refractivity contribution in [2.24, 2.45) is 0 Å². The molecule has 1 aliphatic rings. The van der Waals surface area contributed by atoms with Crippen LogP contribution in [0, 0.1) is 0 Å². The lowest BCUT2D eigenvalue weighted by Gasteiger charge is -2.18. The van der Waals surface area contributed by atoms with E-state index in [0.717, 1.165) is 17.1 Å². The molecule has 3 N–H and O–H groups in total. The fraction of sp³-hybridized carbons (Fsp3) is 0.571. The van der Waals surface area contributed by atoms with Crippen molar-refractivity contribution < 1.29 is 4.74 Å². The van der Waals surface area contributed by atoms with E-state index in [2.05, 4.69) is 5.32 Å². The van der Waals surface area contributed by atoms with E-state index in [1.807, 2.05) is 32.0 Å². The van der Waals surface area contributed by atoms with Crippen molar-refractivity contribution in [2.75, 3.05) is 11.1 Å². The highest BCUT2D eigenvalue weighted by atomic mass is 16.5. The predicted molar refractivity (Wildman–Crippen MR) is 72.5 cm³/mol. The van der Waals surface area contributed by atoms with Crippen LogP contribution in [0.25, 0.3) is 0 Å². The molecule has 3 nitrogen and oxygen atoms in total. The van der Waals surface area contributed by atoms with Crippen molar-refractivity contribution in [3.05, 3.63) is 18.2 Å². The Labute approximate surface area is 103 Å². The molecule has 0 aromatic heterocycles. The maximum atomic E-state index is 6.12. The lowest BCUT2D eigenvalue weighted by atomic mass is 10.2. The van der Waals surface area contributed by atoms with Gasteiger partial charge >= 0.3 is 0 Å². The van der Waals surface area contributed by atoms with Crippen LogP contribution < -0.4 is 15.8 Å². The van der Waals surface area contributed by atoms with Crippen molar-refractivity contribution in [1.29, 1.82) is 0 Å². The van der Waals surface area contributed by atoms with E-state index >= 15 is 0 Å². The number of hydrogen-bond acceptors (Lipinski definition) is 3. The van der Waals surface area contributed by atoms with Gasteiger partial charge in [-0.3, -0.25) is 0 Å². The molecule has 1 saturated carbocycles. The number of anilines is 2. The highest BCUT2D eigenvalue weighted by Crippen LogP contribution is 2.32. The number of hydrogen-bond donors (Lipinski definition) is 2. The van der Waals surface area contributed by atoms with E-state index in [0.29, 0.717) is 6.04 Å². The van der Waals surface area contributed by atoms with Crippen LogP contribution in [0.5, 0.6) is 5.75 Å². The van der Waals surface area contributed by atoms with Gasteiger partial charge in [0.15, 0.2) is 0 Å². The summed E-state index contributed by atoms with van der Waals surface area (Å²) in [6.07, 6.45) is 5.28. The molecule has 17 heavy (non-hydrogen) atoms. The van der Waals surface area contributed by atoms with Gasteiger partial charge in [-0.05, 0) is 38.8 Å². The fourth-order valence-electron chi connectivity index (χ4n) is 2.32. The highest BCUT2D eigenvalue weighted by Gasteiger charge is 2.16. The maximum Gasteiger partial charge on any atom is 0.144 e. The van der Waals surface area contributed by atoms with E-state index in [1.54, 1.807) is 0 Å². The van der Waals surface area contributed by atoms with Crippen molar-refractivity contribution in [3.63, 3.8) is 0 Å². The van der Waals surface area contributed by atoms with Gasteiger partial charge in [0.2, 0.25) is 0 Å². The van der Waals surface area contributed by atoms with Crippen molar-refractivity contribution >= 4 is 11.4 Å². The number of nitrogen functional groups attached to an aromatic ring is 1. The summed E-state index contributed by atoms with van der Waals surface area (Å²) in [5.41, 5.74) is 7.86. The summed E-state index contributed by atoms with van der Waals surface area (Å²) in [4.78, 5) is 0. The summed E-state index contributed by atoms with van der Waals surface area (Å²) >= 11 is 0. The normalized spacial score (nSPS) is 16.4. The SMILES string of the molecule is CC(C)Oc1cccc(NC2CCCC2)c1N. The van der Waals surface area contributed by atoms with Crippen LogP contribution in [0.4, 0.5) is 11.4 Å². The van der Waals surface area contributed by atoms with Crippen LogP contribution in [0.15, 0.2) is 18.2 Å². The number of nitrogens with one attached hydrogen (secondary N) is 1. The van der Waals surface area contributed by atoms with Gasteiger partial charge in [0.05, 0.1) is 17.5 Å². The molecule has 0 spiro atoms. The van der Waals surface area contributed by atoms with Crippen LogP contribution >= 0.6 is 0 Å². The fourth-order valence-corrected chi connectivity index (χ4v) is 2.32. The topological polar surface area (TPSA) is 47.3 Å². The molecule has 3 heteroatoms. The van der Waals surface area contributed by atoms with Crippen LogP contribution in [0.2, 0.25) is 0 Å². The average Bonchev–Trinajstić information content (AvgIpc) is 2.76. The van der Waals surface area contributed by atoms with Crippen LogP contribution in [0.1, 0.15) is 39.5 Å². The molecule has 0 radical (unpaired) electrons. The Hall–Kier alpha value is -1.38. The molecular formula is C14H22N2O. The third-order valence-corrected chi connectivity index (χ3v) is 3.14. The Balaban J connectivity index is 2.10. The van der Waals surface area contributed by atoms with Crippen LogP contribution in [0.3, 0.4) is 0 Å². The van der Waals surface area contributed by atoms with Crippen molar-refractivity contribution in [2.45, 2.75) is 51.7 Å². The highest BCUT2D eigenvalue weighted by molar-refractivity contribution is 5.73. The first kappa shape index (κ1) is 12.1. The minimum absolute atomic E-state index is 0.152. The molecule has 2 rings (SSSR count). The molecule has 0 saturated heterocycles. The summed E-state index contributed by atoms with van der Waals surface area (Å²) < 4.78 is 5.69. The molecule has 0 amide bonds. The van der Waals surface area contributed by atoms with Crippen LogP contribution in [-0.4, -0.2) is 12.1 Å². The second-order valence-corrected chi connectivity index (χ2v) is 5.01. The van der Waals surface area contributed by atoms with Gasteiger partial charge in [0.25, 0.3) is 0 Å². The van der Waals surface area contributed by atoms with E-state index < -0.39 is 0 Å². The van der Waals surface area contributed by atoms with E-state index in [-0.39, 0.29) is 6.10 Å². The smallest absolute Gasteiger partial charge is 0.144 e. The molecule has 0 heterocycles. The summed E-state index contributed by atoms with van der Waals surface area (Å²) in [7, 11) is 0. The Morgan fingerprint density at radius 1 is 1.29 bits per heavy atom. The molecule has 0 bridgehead atoms. The van der Waals surface area contributed by atoms with Gasteiger partial charge in [-0.15, -0.1) is 0 Å². The Kier molecular flexibility index (Phi) is 3.77. The number of ether oxygens (including phenoxy) is 1. The molecule has 0 unspecified atom stereocenters. The summed E-state index contributed by atoms with van der Waals surface area (Å²) in [6, 6.07) is 6.52. The molecule has 1 aliphatic carbocycles. The lowest BCUT2D eigenvalue weighted by Crippen LogP contribution is -2.16. The standard InChI is InChI=1S/C14H22N2O/c1-10(2)17-13-9-5-8-12(14(13)15)16-11-6-3-4-7-11/h5,8-11,16H,3-4,6-7,15H2,1-2H3. The predicted octanol–water partition coefficient (Wildman–Crippen LogP) is 3.41. The molecule has 0 atom stereocenters. The van der Waals surface area contributed by atoms with Crippen LogP contribution in [-0.2, 0) is 0 Å². The molecule has 0 aliphatic heterocycles. The first-order valence-electron chi connectivity index (χ1n) is 6.48. The van der Waals surface area contributed by atoms with Gasteiger partial charge in [0, 0.05) is 6.04 Å². The number of rotatable bonds is 4. The van der Waals surface area contributed by atoms with Gasteiger partial charge in [-0.2, -0.15) is 0 Å². The molecular weight excluding hydrogens is 212 g/mol. The summed E-state index contributed by atoms with van der Waals surface area (Å²) in [5, 5.41) is 3.52. The third-order valence-electron chi connectivity index (χ3n) is 3.14. The zero-order valence-corrected chi connectivity index (χ0v) is 10.7. The second-order valence-electron chi connectivity index (χ2n) is 5.01. The van der Waals surface area contributed by atoms with Gasteiger partial charge < -0.3 is 15.8 Å². The largest absolute Gasteiger partial charge is 0.489 e. The van der Waals surface area contributed by atoms with Gasteiger partial charge in [0.1, 0.15) is 5.75 Å². The molecule has 1 aromatic carbocycles. The zero-order chi connectivity index (χ0) is 12.3. The number of para-hydroxylation sites is 1.